The fraction of sp³-hybridized carbons (Fsp3) is 0.417. The summed E-state index contributed by atoms with van der Waals surface area (Å²) in [5, 5.41) is 0. The maximum atomic E-state index is 13.7. The molecule has 2 N–H and O–H groups in total. The Labute approximate surface area is 127 Å². The van der Waals surface area contributed by atoms with E-state index in [2.05, 4.69) is 0 Å². The highest BCUT2D eigenvalue weighted by Gasteiger charge is 2.30. The van der Waals surface area contributed by atoms with Crippen LogP contribution in [0.2, 0.25) is 0 Å². The van der Waals surface area contributed by atoms with Crippen molar-refractivity contribution in [2.24, 2.45) is 5.73 Å². The Balaban J connectivity index is 2.15. The van der Waals surface area contributed by atoms with Gasteiger partial charge >= 0.3 is 0 Å². The summed E-state index contributed by atoms with van der Waals surface area (Å²) in [4.78, 5) is 1.61. The maximum Gasteiger partial charge on any atom is 0.246 e. The van der Waals surface area contributed by atoms with Crippen molar-refractivity contribution in [2.45, 2.75) is 4.90 Å². The Morgan fingerprint density at radius 3 is 2.43 bits per heavy atom. The molecule has 0 radical (unpaired) electrons. The lowest BCUT2D eigenvalue weighted by atomic mass is 10.3. The van der Waals surface area contributed by atoms with Crippen LogP contribution in [-0.2, 0) is 10.0 Å². The smallest absolute Gasteiger partial charge is 0.246 e. The largest absolute Gasteiger partial charge is 0.392 e. The SMILES string of the molecule is NC(=S)CN1CCN(S(=O)(=O)c2cc(F)ccc2F)CC1. The molecule has 0 unspecified atom stereocenters. The van der Waals surface area contributed by atoms with Crippen LogP contribution in [0, 0.1) is 11.6 Å². The molecule has 1 saturated heterocycles. The van der Waals surface area contributed by atoms with Crippen LogP contribution in [0.5, 0.6) is 0 Å². The Kier molecular flexibility index (Phi) is 4.87. The van der Waals surface area contributed by atoms with Crippen molar-refractivity contribution in [3.63, 3.8) is 0 Å². The van der Waals surface area contributed by atoms with Crippen LogP contribution < -0.4 is 5.73 Å². The van der Waals surface area contributed by atoms with E-state index in [0.717, 1.165) is 16.4 Å². The summed E-state index contributed by atoms with van der Waals surface area (Å²) in [6, 6.07) is 2.39. The number of nitrogens with two attached hydrogens (primary N) is 1. The summed E-state index contributed by atoms with van der Waals surface area (Å²) in [5.74, 6) is -1.75. The molecule has 116 valence electrons. The lowest BCUT2D eigenvalue weighted by Gasteiger charge is -2.33. The van der Waals surface area contributed by atoms with Crippen molar-refractivity contribution >= 4 is 27.2 Å². The summed E-state index contributed by atoms with van der Waals surface area (Å²) >= 11 is 4.80. The van der Waals surface area contributed by atoms with Gasteiger partial charge in [-0.15, -0.1) is 0 Å². The normalized spacial score (nSPS) is 17.8. The van der Waals surface area contributed by atoms with E-state index in [1.165, 1.54) is 0 Å². The fourth-order valence-corrected chi connectivity index (χ4v) is 3.84. The van der Waals surface area contributed by atoms with E-state index in [1.807, 2.05) is 4.90 Å². The van der Waals surface area contributed by atoms with Crippen molar-refractivity contribution in [3.05, 3.63) is 29.8 Å². The van der Waals surface area contributed by atoms with Gasteiger partial charge in [0.2, 0.25) is 10.0 Å². The molecule has 1 heterocycles. The van der Waals surface area contributed by atoms with Crippen LogP contribution in [-0.4, -0.2) is 55.3 Å². The van der Waals surface area contributed by atoms with Crippen LogP contribution in [0.3, 0.4) is 0 Å². The number of thiocarbonyl (C=S) groups is 1. The number of nitrogens with zero attached hydrogens (tertiary/aromatic N) is 2. The first kappa shape index (κ1) is 16.2. The first-order valence-electron chi connectivity index (χ1n) is 6.26. The Morgan fingerprint density at radius 2 is 1.86 bits per heavy atom. The molecule has 1 aromatic rings. The minimum absolute atomic E-state index is 0.181. The van der Waals surface area contributed by atoms with Crippen molar-refractivity contribution < 1.29 is 17.2 Å². The van der Waals surface area contributed by atoms with Crippen LogP contribution in [0.15, 0.2) is 23.1 Å². The van der Waals surface area contributed by atoms with Crippen LogP contribution >= 0.6 is 12.2 Å². The average Bonchev–Trinajstić information content (AvgIpc) is 2.41. The third kappa shape index (κ3) is 3.73. The molecule has 1 aromatic carbocycles. The van der Waals surface area contributed by atoms with Crippen molar-refractivity contribution in [1.29, 1.82) is 0 Å². The molecule has 0 aromatic heterocycles. The molecule has 1 fully saturated rings. The molecule has 0 atom stereocenters. The molecule has 0 bridgehead atoms. The van der Waals surface area contributed by atoms with Crippen LogP contribution in [0.1, 0.15) is 0 Å². The first-order chi connectivity index (χ1) is 9.80. The van der Waals surface area contributed by atoms with Gasteiger partial charge < -0.3 is 5.73 Å². The maximum absolute atomic E-state index is 13.7. The number of piperazine rings is 1. The van der Waals surface area contributed by atoms with Gasteiger partial charge in [0.05, 0.1) is 4.99 Å². The number of rotatable bonds is 4. The second kappa shape index (κ2) is 6.30. The van der Waals surface area contributed by atoms with Gasteiger partial charge in [-0.05, 0) is 18.2 Å². The fourth-order valence-electron chi connectivity index (χ4n) is 2.16. The number of hydrogen-bond acceptors (Lipinski definition) is 4. The minimum atomic E-state index is -4.04. The zero-order chi connectivity index (χ0) is 15.6. The topological polar surface area (TPSA) is 66.6 Å². The predicted molar refractivity (Wildman–Crippen MR) is 78.3 cm³/mol. The summed E-state index contributed by atoms with van der Waals surface area (Å²) in [5.41, 5.74) is 5.44. The molecule has 0 spiro atoms. The minimum Gasteiger partial charge on any atom is -0.392 e. The molecule has 1 aliphatic rings. The first-order valence-corrected chi connectivity index (χ1v) is 8.11. The van der Waals surface area contributed by atoms with Gasteiger partial charge in [-0.3, -0.25) is 4.90 Å². The van der Waals surface area contributed by atoms with E-state index in [0.29, 0.717) is 30.7 Å². The Morgan fingerprint density at radius 1 is 1.24 bits per heavy atom. The lowest BCUT2D eigenvalue weighted by Crippen LogP contribution is -2.50. The number of sulfonamides is 1. The van der Waals surface area contributed by atoms with Crippen LogP contribution in [0.25, 0.3) is 0 Å². The molecular formula is C12H15F2N3O2S2. The summed E-state index contributed by atoms with van der Waals surface area (Å²) in [6.45, 7) is 1.65. The summed E-state index contributed by atoms with van der Waals surface area (Å²) < 4.78 is 52.6. The van der Waals surface area contributed by atoms with E-state index in [-0.39, 0.29) is 13.1 Å². The lowest BCUT2D eigenvalue weighted by molar-refractivity contribution is 0.209. The molecule has 1 aliphatic heterocycles. The molecule has 5 nitrogen and oxygen atoms in total. The van der Waals surface area contributed by atoms with E-state index in [4.69, 9.17) is 18.0 Å². The standard InChI is InChI=1S/C12H15F2N3O2S2/c13-9-1-2-10(14)11(7-9)21(18,19)17-5-3-16(4-6-17)8-12(15)20/h1-2,7H,3-6,8H2,(H2,15,20). The Hall–Kier alpha value is -1.16. The highest BCUT2D eigenvalue weighted by molar-refractivity contribution is 7.89. The number of benzene rings is 1. The summed E-state index contributed by atoms with van der Waals surface area (Å²) in [6.07, 6.45) is 0. The molecule has 2 rings (SSSR count). The van der Waals surface area contributed by atoms with Crippen molar-refractivity contribution in [2.75, 3.05) is 32.7 Å². The second-order valence-corrected chi connectivity index (χ2v) is 7.15. The molecule has 0 amide bonds. The van der Waals surface area contributed by atoms with Gasteiger partial charge in [-0.25, -0.2) is 17.2 Å². The molecular weight excluding hydrogens is 320 g/mol. The zero-order valence-electron chi connectivity index (χ0n) is 11.1. The third-order valence-electron chi connectivity index (χ3n) is 3.22. The van der Waals surface area contributed by atoms with Crippen molar-refractivity contribution in [3.8, 4) is 0 Å². The van der Waals surface area contributed by atoms with E-state index < -0.39 is 26.6 Å². The highest BCUT2D eigenvalue weighted by atomic mass is 32.2. The average molecular weight is 335 g/mol. The monoisotopic (exact) mass is 335 g/mol. The Bertz CT molecular complexity index is 644. The number of hydrogen-bond donors (Lipinski definition) is 1. The van der Waals surface area contributed by atoms with Crippen LogP contribution in [0.4, 0.5) is 8.78 Å². The van der Waals surface area contributed by atoms with Gasteiger partial charge in [-0.2, -0.15) is 4.31 Å². The van der Waals surface area contributed by atoms with E-state index >= 15 is 0 Å². The predicted octanol–water partition coefficient (Wildman–Crippen LogP) is 0.557. The molecule has 9 heteroatoms. The molecule has 0 saturated carbocycles. The molecule has 21 heavy (non-hydrogen) atoms. The van der Waals surface area contributed by atoms with Gasteiger partial charge in [-0.1, -0.05) is 12.2 Å². The van der Waals surface area contributed by atoms with Crippen molar-refractivity contribution in [1.82, 2.24) is 9.21 Å². The third-order valence-corrected chi connectivity index (χ3v) is 5.26. The highest BCUT2D eigenvalue weighted by Crippen LogP contribution is 2.21. The van der Waals surface area contributed by atoms with Gasteiger partial charge in [0.15, 0.2) is 0 Å². The van der Waals surface area contributed by atoms with Gasteiger partial charge in [0, 0.05) is 32.7 Å². The zero-order valence-corrected chi connectivity index (χ0v) is 12.8. The van der Waals surface area contributed by atoms with E-state index in [9.17, 15) is 17.2 Å². The van der Waals surface area contributed by atoms with Gasteiger partial charge in [0.1, 0.15) is 16.5 Å². The second-order valence-electron chi connectivity index (χ2n) is 4.72. The van der Waals surface area contributed by atoms with Gasteiger partial charge in [0.25, 0.3) is 0 Å². The number of halogens is 2. The van der Waals surface area contributed by atoms with E-state index in [1.54, 1.807) is 0 Å². The quantitative estimate of drug-likeness (QED) is 0.815. The molecule has 0 aliphatic carbocycles. The summed E-state index contributed by atoms with van der Waals surface area (Å²) in [7, 11) is -4.04.